The van der Waals surface area contributed by atoms with E-state index in [9.17, 15) is 8.42 Å². The van der Waals surface area contributed by atoms with Gasteiger partial charge >= 0.3 is 0 Å². The molecule has 0 radical (unpaired) electrons. The van der Waals surface area contributed by atoms with E-state index in [-0.39, 0.29) is 24.0 Å². The number of rotatable bonds is 5. The predicted molar refractivity (Wildman–Crippen MR) is 60.7 cm³/mol. The van der Waals surface area contributed by atoms with Gasteiger partial charge < -0.3 is 9.52 Å². The molecule has 0 aliphatic heterocycles. The molecule has 2 aromatic rings. The van der Waals surface area contributed by atoms with Crippen LogP contribution in [0.1, 0.15) is 11.5 Å². The molecule has 2 heterocycles. The zero-order chi connectivity index (χ0) is 13.0. The quantitative estimate of drug-likeness (QED) is 0.794. The predicted octanol–water partition coefficient (Wildman–Crippen LogP) is 0.0404. The van der Waals surface area contributed by atoms with E-state index >= 15 is 0 Å². The molecule has 2 rings (SSSR count). The zero-order valence-electron chi connectivity index (χ0n) is 9.28. The molecule has 96 valence electrons. The van der Waals surface area contributed by atoms with E-state index in [4.69, 9.17) is 9.52 Å². The average molecular weight is 269 g/mol. The molecule has 0 aromatic carbocycles. The summed E-state index contributed by atoms with van der Waals surface area (Å²) in [5.74, 6) is 0.190. The molecule has 0 atom stereocenters. The molecule has 0 aliphatic carbocycles. The van der Waals surface area contributed by atoms with Gasteiger partial charge in [-0.2, -0.15) is 10.2 Å². The third kappa shape index (κ3) is 2.92. The number of aromatic nitrogens is 2. The van der Waals surface area contributed by atoms with Crippen LogP contribution in [0.4, 0.5) is 0 Å². The van der Waals surface area contributed by atoms with Gasteiger partial charge in [0.2, 0.25) is 5.09 Å². The Bertz CT molecular complexity index is 609. The second kappa shape index (κ2) is 5.25. The Labute approximate surface area is 104 Å². The molecule has 0 bridgehead atoms. The van der Waals surface area contributed by atoms with E-state index in [0.717, 1.165) is 0 Å². The van der Waals surface area contributed by atoms with Gasteiger partial charge in [0.25, 0.3) is 10.0 Å². The number of furan rings is 1. The van der Waals surface area contributed by atoms with Gasteiger partial charge in [0, 0.05) is 6.20 Å². The largest absolute Gasteiger partial charge is 0.446 e. The molecule has 0 aliphatic rings. The highest BCUT2D eigenvalue weighted by Gasteiger charge is 2.18. The van der Waals surface area contributed by atoms with E-state index in [0.29, 0.717) is 5.69 Å². The summed E-state index contributed by atoms with van der Waals surface area (Å²) in [6, 6.07) is 5.99. The van der Waals surface area contributed by atoms with Crippen LogP contribution in [0.3, 0.4) is 0 Å². The van der Waals surface area contributed by atoms with E-state index in [1.807, 2.05) is 0 Å². The highest BCUT2D eigenvalue weighted by molar-refractivity contribution is 7.89. The normalized spacial score (nSPS) is 11.6. The highest BCUT2D eigenvalue weighted by atomic mass is 32.2. The lowest BCUT2D eigenvalue weighted by Crippen LogP contribution is -2.23. The molecule has 0 spiro atoms. The first-order valence-electron chi connectivity index (χ1n) is 5.07. The summed E-state index contributed by atoms with van der Waals surface area (Å²) in [5, 5.41) is 15.9. The van der Waals surface area contributed by atoms with Crippen LogP contribution < -0.4 is 4.72 Å². The molecule has 8 heteroatoms. The van der Waals surface area contributed by atoms with E-state index in [2.05, 4.69) is 14.9 Å². The van der Waals surface area contributed by atoms with Crippen molar-refractivity contribution in [2.75, 3.05) is 0 Å². The Hall–Kier alpha value is -1.77. The number of aliphatic hydroxyl groups excluding tert-OH is 1. The maximum absolute atomic E-state index is 11.8. The summed E-state index contributed by atoms with van der Waals surface area (Å²) in [6.45, 7) is -0.328. The Kier molecular flexibility index (Phi) is 3.70. The Morgan fingerprint density at radius 2 is 2.17 bits per heavy atom. The van der Waals surface area contributed by atoms with E-state index in [1.165, 1.54) is 18.3 Å². The molecular formula is C10H11N3O4S. The second-order valence-corrected chi connectivity index (χ2v) is 5.12. The Balaban J connectivity index is 2.08. The number of aliphatic hydroxyl groups is 1. The van der Waals surface area contributed by atoms with Gasteiger partial charge in [0.1, 0.15) is 12.4 Å². The van der Waals surface area contributed by atoms with Crippen molar-refractivity contribution in [3.8, 4) is 0 Å². The third-order valence-electron chi connectivity index (χ3n) is 2.13. The van der Waals surface area contributed by atoms with Crippen LogP contribution in [-0.2, 0) is 23.2 Å². The molecule has 0 fully saturated rings. The number of hydrogen-bond donors (Lipinski definition) is 2. The number of nitrogens with zero attached hydrogens (tertiary/aromatic N) is 2. The van der Waals surface area contributed by atoms with Crippen molar-refractivity contribution in [3.05, 3.63) is 41.9 Å². The van der Waals surface area contributed by atoms with E-state index < -0.39 is 10.0 Å². The fourth-order valence-corrected chi connectivity index (χ4v) is 2.20. The highest BCUT2D eigenvalue weighted by Crippen LogP contribution is 2.13. The van der Waals surface area contributed by atoms with Crippen LogP contribution >= 0.6 is 0 Å². The van der Waals surface area contributed by atoms with Gasteiger partial charge in [0.05, 0.1) is 12.2 Å². The first kappa shape index (κ1) is 12.7. The van der Waals surface area contributed by atoms with Gasteiger partial charge in [-0.3, -0.25) is 0 Å². The summed E-state index contributed by atoms with van der Waals surface area (Å²) in [6.07, 6.45) is 1.50. The van der Waals surface area contributed by atoms with Gasteiger partial charge in [-0.05, 0) is 24.3 Å². The average Bonchev–Trinajstić information content (AvgIpc) is 2.87. The van der Waals surface area contributed by atoms with Crippen LogP contribution in [0.2, 0.25) is 0 Å². The Morgan fingerprint density at radius 1 is 1.33 bits per heavy atom. The number of hydrogen-bond acceptors (Lipinski definition) is 6. The maximum Gasteiger partial charge on any atom is 0.274 e. The van der Waals surface area contributed by atoms with Crippen LogP contribution in [0, 0.1) is 0 Å². The van der Waals surface area contributed by atoms with Gasteiger partial charge in [-0.25, -0.2) is 13.1 Å². The van der Waals surface area contributed by atoms with Crippen molar-refractivity contribution in [3.63, 3.8) is 0 Å². The first-order valence-corrected chi connectivity index (χ1v) is 6.56. The fraction of sp³-hybridized carbons (Fsp3) is 0.200. The van der Waals surface area contributed by atoms with E-state index in [1.54, 1.807) is 12.1 Å². The van der Waals surface area contributed by atoms with Gasteiger partial charge in [-0.1, -0.05) is 0 Å². The zero-order valence-corrected chi connectivity index (χ0v) is 10.1. The molecule has 2 N–H and O–H groups in total. The van der Waals surface area contributed by atoms with Crippen molar-refractivity contribution >= 4 is 10.0 Å². The summed E-state index contributed by atoms with van der Waals surface area (Å²) >= 11 is 0. The minimum atomic E-state index is -3.74. The molecule has 7 nitrogen and oxygen atoms in total. The van der Waals surface area contributed by atoms with Crippen molar-refractivity contribution < 1.29 is 17.9 Å². The van der Waals surface area contributed by atoms with Crippen LogP contribution in [0.15, 0.2) is 40.0 Å². The van der Waals surface area contributed by atoms with Gasteiger partial charge in [0.15, 0.2) is 0 Å². The summed E-state index contributed by atoms with van der Waals surface area (Å²) < 4.78 is 30.9. The SMILES string of the molecule is O=S(=O)(NCc1cccnn1)c1ccc(CO)o1. The number of sulfonamides is 1. The van der Waals surface area contributed by atoms with Crippen LogP contribution in [0.25, 0.3) is 0 Å². The minimum absolute atomic E-state index is 0.0192. The third-order valence-corrected chi connectivity index (χ3v) is 3.40. The van der Waals surface area contributed by atoms with Crippen LogP contribution in [-0.4, -0.2) is 23.7 Å². The lowest BCUT2D eigenvalue weighted by Gasteiger charge is -2.02. The summed E-state index contributed by atoms with van der Waals surface area (Å²) in [4.78, 5) is 0. The molecule has 0 saturated heterocycles. The first-order chi connectivity index (χ1) is 8.62. The van der Waals surface area contributed by atoms with Crippen molar-refractivity contribution in [1.29, 1.82) is 0 Å². The molecule has 0 saturated carbocycles. The molecular weight excluding hydrogens is 258 g/mol. The minimum Gasteiger partial charge on any atom is -0.446 e. The monoisotopic (exact) mass is 269 g/mol. The molecule has 2 aromatic heterocycles. The topological polar surface area (TPSA) is 105 Å². The van der Waals surface area contributed by atoms with Crippen molar-refractivity contribution in [2.45, 2.75) is 18.2 Å². The molecule has 18 heavy (non-hydrogen) atoms. The van der Waals surface area contributed by atoms with Crippen molar-refractivity contribution in [1.82, 2.24) is 14.9 Å². The molecule has 0 amide bonds. The Morgan fingerprint density at radius 3 is 2.78 bits per heavy atom. The standard InChI is InChI=1S/C10H11N3O4S/c14-7-9-3-4-10(17-9)18(15,16)12-6-8-2-1-5-11-13-8/h1-5,12,14H,6-7H2. The summed E-state index contributed by atoms with van der Waals surface area (Å²) in [5.41, 5.74) is 0.495. The smallest absolute Gasteiger partial charge is 0.274 e. The molecule has 0 unspecified atom stereocenters. The maximum atomic E-state index is 11.8. The van der Waals surface area contributed by atoms with Gasteiger partial charge in [-0.15, -0.1) is 0 Å². The fourth-order valence-electron chi connectivity index (χ4n) is 1.26. The van der Waals surface area contributed by atoms with Crippen molar-refractivity contribution in [2.24, 2.45) is 0 Å². The van der Waals surface area contributed by atoms with Crippen LogP contribution in [0.5, 0.6) is 0 Å². The summed E-state index contributed by atoms with van der Waals surface area (Å²) in [7, 11) is -3.74. The number of nitrogens with one attached hydrogen (secondary N) is 1. The lowest BCUT2D eigenvalue weighted by molar-refractivity contribution is 0.236. The second-order valence-electron chi connectivity index (χ2n) is 3.42. The lowest BCUT2D eigenvalue weighted by atomic mass is 10.4.